The van der Waals surface area contributed by atoms with Crippen molar-refractivity contribution in [2.24, 2.45) is 4.99 Å². The van der Waals surface area contributed by atoms with E-state index in [0.29, 0.717) is 11.6 Å². The number of aliphatic imine (C=N–C) groups is 1. The standard InChI is InChI=1S/C10H14N2/c1-7(2)8-4-5-9(11)10(6-8)12-3/h4-7H,3,11H2,1-2H3. The molecule has 0 fully saturated rings. The van der Waals surface area contributed by atoms with E-state index in [-0.39, 0.29) is 0 Å². The number of rotatable bonds is 2. The fourth-order valence-electron chi connectivity index (χ4n) is 1.06. The molecule has 0 spiro atoms. The van der Waals surface area contributed by atoms with Crippen LogP contribution in [0.4, 0.5) is 11.4 Å². The molecule has 12 heavy (non-hydrogen) atoms. The lowest BCUT2D eigenvalue weighted by molar-refractivity contribution is 0.867. The molecule has 1 aromatic rings. The van der Waals surface area contributed by atoms with Crippen molar-refractivity contribution in [1.82, 2.24) is 0 Å². The number of anilines is 1. The summed E-state index contributed by atoms with van der Waals surface area (Å²) in [6, 6.07) is 5.88. The van der Waals surface area contributed by atoms with Gasteiger partial charge in [0.05, 0.1) is 11.4 Å². The average Bonchev–Trinajstić information content (AvgIpc) is 2.05. The van der Waals surface area contributed by atoms with Crippen molar-refractivity contribution in [1.29, 1.82) is 0 Å². The summed E-state index contributed by atoms with van der Waals surface area (Å²) >= 11 is 0. The zero-order valence-corrected chi connectivity index (χ0v) is 7.54. The van der Waals surface area contributed by atoms with Crippen molar-refractivity contribution < 1.29 is 0 Å². The number of hydrogen-bond donors (Lipinski definition) is 1. The van der Waals surface area contributed by atoms with Gasteiger partial charge in [0.15, 0.2) is 0 Å². The maximum absolute atomic E-state index is 5.67. The molecule has 0 aliphatic heterocycles. The van der Waals surface area contributed by atoms with Gasteiger partial charge in [-0.3, -0.25) is 4.99 Å². The van der Waals surface area contributed by atoms with Gasteiger partial charge in [-0.1, -0.05) is 19.9 Å². The maximum Gasteiger partial charge on any atom is 0.0854 e. The van der Waals surface area contributed by atoms with Crippen LogP contribution in [0.5, 0.6) is 0 Å². The van der Waals surface area contributed by atoms with E-state index in [9.17, 15) is 0 Å². The molecule has 0 aromatic heterocycles. The average molecular weight is 162 g/mol. The van der Waals surface area contributed by atoms with Crippen LogP contribution in [0, 0.1) is 0 Å². The monoisotopic (exact) mass is 162 g/mol. The quantitative estimate of drug-likeness (QED) is 0.527. The lowest BCUT2D eigenvalue weighted by Gasteiger charge is -2.07. The summed E-state index contributed by atoms with van der Waals surface area (Å²) in [5, 5.41) is 0. The van der Waals surface area contributed by atoms with Gasteiger partial charge in [-0.05, 0) is 30.3 Å². The first-order valence-corrected chi connectivity index (χ1v) is 4.01. The van der Waals surface area contributed by atoms with Crippen LogP contribution in [0.1, 0.15) is 25.3 Å². The van der Waals surface area contributed by atoms with Crippen molar-refractivity contribution in [2.45, 2.75) is 19.8 Å². The van der Waals surface area contributed by atoms with E-state index in [1.807, 2.05) is 18.2 Å². The number of hydrogen-bond acceptors (Lipinski definition) is 2. The molecule has 2 N–H and O–H groups in total. The Morgan fingerprint density at radius 2 is 2.08 bits per heavy atom. The summed E-state index contributed by atoms with van der Waals surface area (Å²) in [5.74, 6) is 0.506. The Morgan fingerprint density at radius 3 is 2.58 bits per heavy atom. The molecule has 0 radical (unpaired) electrons. The van der Waals surface area contributed by atoms with Crippen LogP contribution >= 0.6 is 0 Å². The zero-order valence-electron chi connectivity index (χ0n) is 7.54. The van der Waals surface area contributed by atoms with E-state index >= 15 is 0 Å². The van der Waals surface area contributed by atoms with Crippen molar-refractivity contribution >= 4 is 18.1 Å². The molecule has 0 atom stereocenters. The Hall–Kier alpha value is -1.31. The minimum Gasteiger partial charge on any atom is -0.397 e. The molecule has 0 heterocycles. The maximum atomic E-state index is 5.67. The van der Waals surface area contributed by atoms with Gasteiger partial charge in [0.2, 0.25) is 0 Å². The summed E-state index contributed by atoms with van der Waals surface area (Å²) in [4.78, 5) is 3.84. The van der Waals surface area contributed by atoms with Crippen molar-refractivity contribution in [3.8, 4) is 0 Å². The minimum absolute atomic E-state index is 0.506. The van der Waals surface area contributed by atoms with Crippen LogP contribution in [0.2, 0.25) is 0 Å². The normalized spacial score (nSPS) is 10.2. The second-order valence-electron chi connectivity index (χ2n) is 3.13. The van der Waals surface area contributed by atoms with E-state index in [2.05, 4.69) is 25.6 Å². The molecular formula is C10H14N2. The Morgan fingerprint density at radius 1 is 1.42 bits per heavy atom. The fraction of sp³-hybridized carbons (Fsp3) is 0.300. The molecule has 0 saturated carbocycles. The molecule has 0 amide bonds. The van der Waals surface area contributed by atoms with Crippen LogP contribution in [0.3, 0.4) is 0 Å². The van der Waals surface area contributed by atoms with E-state index in [1.165, 1.54) is 5.56 Å². The van der Waals surface area contributed by atoms with Crippen LogP contribution in [-0.4, -0.2) is 6.72 Å². The third kappa shape index (κ3) is 1.64. The number of nitrogen functional groups attached to an aromatic ring is 1. The summed E-state index contributed by atoms with van der Waals surface area (Å²) in [5.41, 5.74) is 8.38. The second kappa shape index (κ2) is 3.39. The second-order valence-corrected chi connectivity index (χ2v) is 3.13. The van der Waals surface area contributed by atoms with Gasteiger partial charge in [0.25, 0.3) is 0 Å². The third-order valence-corrected chi connectivity index (χ3v) is 1.89. The highest BCUT2D eigenvalue weighted by molar-refractivity contribution is 5.66. The van der Waals surface area contributed by atoms with E-state index in [4.69, 9.17) is 5.73 Å². The van der Waals surface area contributed by atoms with Gasteiger partial charge in [-0.15, -0.1) is 0 Å². The van der Waals surface area contributed by atoms with Gasteiger partial charge in [0.1, 0.15) is 0 Å². The highest BCUT2D eigenvalue weighted by Crippen LogP contribution is 2.26. The number of benzene rings is 1. The number of nitrogens with two attached hydrogens (primary N) is 1. The summed E-state index contributed by atoms with van der Waals surface area (Å²) in [6.07, 6.45) is 0. The molecule has 0 unspecified atom stereocenters. The zero-order chi connectivity index (χ0) is 9.14. The van der Waals surface area contributed by atoms with Crippen LogP contribution in [0.25, 0.3) is 0 Å². The van der Waals surface area contributed by atoms with E-state index < -0.39 is 0 Å². The molecule has 64 valence electrons. The molecular weight excluding hydrogens is 148 g/mol. The van der Waals surface area contributed by atoms with Crippen LogP contribution in [0.15, 0.2) is 23.2 Å². The van der Waals surface area contributed by atoms with E-state index in [1.54, 1.807) is 0 Å². The Labute approximate surface area is 73.1 Å². The lowest BCUT2D eigenvalue weighted by atomic mass is 10.0. The molecule has 0 saturated heterocycles. The van der Waals surface area contributed by atoms with Gasteiger partial charge >= 0.3 is 0 Å². The summed E-state index contributed by atoms with van der Waals surface area (Å²) in [7, 11) is 0. The SMILES string of the molecule is C=Nc1cc(C(C)C)ccc1N. The van der Waals surface area contributed by atoms with Gasteiger partial charge in [-0.2, -0.15) is 0 Å². The first kappa shape index (κ1) is 8.78. The summed E-state index contributed by atoms with van der Waals surface area (Å²) in [6.45, 7) is 7.74. The topological polar surface area (TPSA) is 38.4 Å². The Bertz CT molecular complexity index is 290. The van der Waals surface area contributed by atoms with E-state index in [0.717, 1.165) is 5.69 Å². The molecule has 2 heteroatoms. The Balaban J connectivity index is 3.13. The highest BCUT2D eigenvalue weighted by atomic mass is 14.7. The van der Waals surface area contributed by atoms with Crippen molar-refractivity contribution in [3.63, 3.8) is 0 Å². The highest BCUT2D eigenvalue weighted by Gasteiger charge is 2.01. The number of nitrogens with zero attached hydrogens (tertiary/aromatic N) is 1. The fourth-order valence-corrected chi connectivity index (χ4v) is 1.06. The van der Waals surface area contributed by atoms with Gasteiger partial charge in [-0.25, -0.2) is 0 Å². The van der Waals surface area contributed by atoms with Crippen molar-refractivity contribution in [2.75, 3.05) is 5.73 Å². The van der Waals surface area contributed by atoms with Gasteiger partial charge < -0.3 is 5.73 Å². The third-order valence-electron chi connectivity index (χ3n) is 1.89. The molecule has 2 nitrogen and oxygen atoms in total. The first-order valence-electron chi connectivity index (χ1n) is 4.01. The predicted octanol–water partition coefficient (Wildman–Crippen LogP) is 2.72. The molecule has 0 bridgehead atoms. The molecule has 0 aliphatic rings. The molecule has 1 rings (SSSR count). The first-order chi connectivity index (χ1) is 5.65. The minimum atomic E-state index is 0.506. The molecule has 1 aromatic carbocycles. The van der Waals surface area contributed by atoms with Crippen molar-refractivity contribution in [3.05, 3.63) is 23.8 Å². The largest absolute Gasteiger partial charge is 0.397 e. The lowest BCUT2D eigenvalue weighted by Crippen LogP contribution is -1.90. The Kier molecular flexibility index (Phi) is 2.48. The smallest absolute Gasteiger partial charge is 0.0854 e. The predicted molar refractivity (Wildman–Crippen MR) is 54.2 cm³/mol. The summed E-state index contributed by atoms with van der Waals surface area (Å²) < 4.78 is 0. The van der Waals surface area contributed by atoms with Gasteiger partial charge in [0, 0.05) is 0 Å². The van der Waals surface area contributed by atoms with Crippen LogP contribution < -0.4 is 5.73 Å². The van der Waals surface area contributed by atoms with Crippen LogP contribution in [-0.2, 0) is 0 Å². The molecule has 0 aliphatic carbocycles.